The van der Waals surface area contributed by atoms with E-state index in [0.717, 1.165) is 0 Å². The van der Waals surface area contributed by atoms with Crippen molar-refractivity contribution in [2.75, 3.05) is 0 Å². The summed E-state index contributed by atoms with van der Waals surface area (Å²) in [6.07, 6.45) is 0.509. The summed E-state index contributed by atoms with van der Waals surface area (Å²) in [5, 5.41) is 2.53. The minimum atomic E-state index is -0.668. The van der Waals surface area contributed by atoms with Crippen LogP contribution in [0.4, 0.5) is 0 Å². The second-order valence-corrected chi connectivity index (χ2v) is 5.28. The minimum absolute atomic E-state index is 0.261. The van der Waals surface area contributed by atoms with E-state index < -0.39 is 11.3 Å². The Morgan fingerprint density at radius 2 is 2.00 bits per heavy atom. The molecule has 0 saturated carbocycles. The van der Waals surface area contributed by atoms with Gasteiger partial charge in [0, 0.05) is 10.6 Å². The van der Waals surface area contributed by atoms with Gasteiger partial charge in [-0.1, -0.05) is 31.5 Å². The van der Waals surface area contributed by atoms with E-state index in [9.17, 15) is 9.59 Å². The maximum absolute atomic E-state index is 11.9. The van der Waals surface area contributed by atoms with E-state index in [0.29, 0.717) is 17.0 Å². The Bertz CT molecular complexity index is 446. The molecule has 0 saturated heterocycles. The third-order valence-corrected chi connectivity index (χ3v) is 2.87. The fourth-order valence-corrected chi connectivity index (χ4v) is 1.88. The quantitative estimate of drug-likeness (QED) is 0.845. The van der Waals surface area contributed by atoms with Gasteiger partial charge in [-0.25, -0.2) is 0 Å². The average molecular weight is 288 g/mol. The maximum atomic E-state index is 11.9. The topological polar surface area (TPSA) is 46.2 Å². The molecule has 0 bridgehead atoms. The van der Waals surface area contributed by atoms with Crippen LogP contribution in [-0.4, -0.2) is 17.2 Å². The zero-order chi connectivity index (χ0) is 13.7. The van der Waals surface area contributed by atoms with Gasteiger partial charge in [-0.2, -0.15) is 0 Å². The van der Waals surface area contributed by atoms with Crippen LogP contribution >= 0.6 is 23.2 Å². The molecular formula is C13H15Cl2NO2. The second kappa shape index (κ2) is 6.76. The van der Waals surface area contributed by atoms with Crippen molar-refractivity contribution in [3.05, 3.63) is 34.9 Å². The highest BCUT2D eigenvalue weighted by atomic mass is 35.5. The number of hydrogen-bond donors (Lipinski definition) is 1. The van der Waals surface area contributed by atoms with Crippen LogP contribution in [-0.2, 0) is 4.79 Å². The number of rotatable bonds is 5. The van der Waals surface area contributed by atoms with E-state index in [1.807, 2.05) is 13.8 Å². The lowest BCUT2D eigenvalue weighted by Crippen LogP contribution is -2.39. The first-order valence-electron chi connectivity index (χ1n) is 5.66. The van der Waals surface area contributed by atoms with Gasteiger partial charge in [0.05, 0.1) is 0 Å². The normalized spacial score (nSPS) is 12.3. The van der Waals surface area contributed by atoms with Crippen molar-refractivity contribution in [3.8, 4) is 0 Å². The van der Waals surface area contributed by atoms with E-state index in [1.165, 1.54) is 0 Å². The number of benzene rings is 1. The number of hydrogen-bond acceptors (Lipinski definition) is 2. The largest absolute Gasteiger partial charge is 0.341 e. The first-order valence-corrected chi connectivity index (χ1v) is 6.41. The van der Waals surface area contributed by atoms with Crippen LogP contribution in [0.25, 0.3) is 0 Å². The molecule has 0 aliphatic heterocycles. The van der Waals surface area contributed by atoms with Crippen LogP contribution in [0.15, 0.2) is 24.3 Å². The molecular weight excluding hydrogens is 273 g/mol. The third-order valence-electron chi connectivity index (χ3n) is 2.37. The predicted octanol–water partition coefficient (Wildman–Crippen LogP) is 3.25. The van der Waals surface area contributed by atoms with Crippen LogP contribution in [0.2, 0.25) is 5.02 Å². The highest BCUT2D eigenvalue weighted by molar-refractivity contribution is 6.64. The molecule has 1 N–H and O–H groups in total. The maximum Gasteiger partial charge on any atom is 0.251 e. The molecule has 5 heteroatoms. The number of halogens is 2. The SMILES string of the molecule is CC(C)CC(NC(=O)c1cccc(Cl)c1)C(=O)Cl. The molecule has 1 aromatic rings. The van der Waals surface area contributed by atoms with Gasteiger partial charge in [-0.3, -0.25) is 9.59 Å². The fraction of sp³-hybridized carbons (Fsp3) is 0.385. The average Bonchev–Trinajstić information content (AvgIpc) is 2.27. The van der Waals surface area contributed by atoms with Crippen molar-refractivity contribution in [2.24, 2.45) is 5.92 Å². The monoisotopic (exact) mass is 287 g/mol. The summed E-state index contributed by atoms with van der Waals surface area (Å²) in [5.41, 5.74) is 0.411. The van der Waals surface area contributed by atoms with Crippen LogP contribution in [0.5, 0.6) is 0 Å². The van der Waals surface area contributed by atoms with Gasteiger partial charge in [-0.15, -0.1) is 0 Å². The zero-order valence-electron chi connectivity index (χ0n) is 10.2. The van der Waals surface area contributed by atoms with E-state index in [4.69, 9.17) is 23.2 Å². The minimum Gasteiger partial charge on any atom is -0.341 e. The van der Waals surface area contributed by atoms with Gasteiger partial charge in [0.25, 0.3) is 5.91 Å². The molecule has 0 radical (unpaired) electrons. The lowest BCUT2D eigenvalue weighted by atomic mass is 10.0. The number of amides is 1. The molecule has 0 spiro atoms. The summed E-state index contributed by atoms with van der Waals surface area (Å²) in [7, 11) is 0. The standard InChI is InChI=1S/C13H15Cl2NO2/c1-8(2)6-11(12(15)17)16-13(18)9-4-3-5-10(14)7-9/h3-5,7-8,11H,6H2,1-2H3,(H,16,18). The fourth-order valence-electron chi connectivity index (χ4n) is 1.55. The molecule has 0 heterocycles. The van der Waals surface area contributed by atoms with Gasteiger partial charge in [-0.05, 0) is 42.1 Å². The molecule has 0 fully saturated rings. The smallest absolute Gasteiger partial charge is 0.251 e. The van der Waals surface area contributed by atoms with Gasteiger partial charge in [0.2, 0.25) is 5.24 Å². The van der Waals surface area contributed by atoms with Crippen molar-refractivity contribution in [1.29, 1.82) is 0 Å². The van der Waals surface area contributed by atoms with Gasteiger partial charge in [0.1, 0.15) is 6.04 Å². The van der Waals surface area contributed by atoms with Crippen LogP contribution in [0.3, 0.4) is 0 Å². The lowest BCUT2D eigenvalue weighted by Gasteiger charge is -2.16. The summed E-state index contributed by atoms with van der Waals surface area (Å²) >= 11 is 11.3. The molecule has 0 aromatic heterocycles. The van der Waals surface area contributed by atoms with E-state index in [2.05, 4.69) is 5.32 Å². The van der Waals surface area contributed by atoms with E-state index in [1.54, 1.807) is 24.3 Å². The van der Waals surface area contributed by atoms with E-state index in [-0.39, 0.29) is 11.8 Å². The Morgan fingerprint density at radius 1 is 1.33 bits per heavy atom. The summed E-state index contributed by atoms with van der Waals surface area (Å²) in [4.78, 5) is 23.2. The Balaban J connectivity index is 2.75. The molecule has 98 valence electrons. The first-order chi connectivity index (χ1) is 8.40. The Hall–Kier alpha value is -1.06. The highest BCUT2D eigenvalue weighted by Crippen LogP contribution is 2.12. The van der Waals surface area contributed by atoms with Gasteiger partial charge in [0.15, 0.2) is 0 Å². The van der Waals surface area contributed by atoms with Crippen molar-refractivity contribution in [1.82, 2.24) is 5.32 Å². The highest BCUT2D eigenvalue weighted by Gasteiger charge is 2.20. The molecule has 18 heavy (non-hydrogen) atoms. The number of nitrogens with one attached hydrogen (secondary N) is 1. The third kappa shape index (κ3) is 4.67. The second-order valence-electron chi connectivity index (χ2n) is 4.47. The summed E-state index contributed by atoms with van der Waals surface area (Å²) in [6.45, 7) is 3.91. The Labute approximate surface area is 116 Å². The molecule has 1 unspecified atom stereocenters. The molecule has 1 rings (SSSR count). The molecule has 1 aromatic carbocycles. The summed E-state index contributed by atoms with van der Waals surface area (Å²) in [6, 6.07) is 5.86. The Morgan fingerprint density at radius 3 is 2.50 bits per heavy atom. The first kappa shape index (κ1) is 15.0. The molecule has 0 aliphatic carbocycles. The van der Waals surface area contributed by atoms with Crippen LogP contribution < -0.4 is 5.32 Å². The summed E-state index contributed by atoms with van der Waals surface area (Å²) in [5.74, 6) is -0.0884. The molecule has 0 aliphatic rings. The Kier molecular flexibility index (Phi) is 5.63. The molecule has 1 atom stereocenters. The predicted molar refractivity (Wildman–Crippen MR) is 73.0 cm³/mol. The van der Waals surface area contributed by atoms with Crippen molar-refractivity contribution >= 4 is 34.4 Å². The molecule has 3 nitrogen and oxygen atoms in total. The lowest BCUT2D eigenvalue weighted by molar-refractivity contribution is -0.113. The zero-order valence-corrected chi connectivity index (χ0v) is 11.8. The van der Waals surface area contributed by atoms with Crippen molar-refractivity contribution in [3.63, 3.8) is 0 Å². The van der Waals surface area contributed by atoms with Gasteiger partial charge >= 0.3 is 0 Å². The van der Waals surface area contributed by atoms with Crippen LogP contribution in [0, 0.1) is 5.92 Å². The number of carbonyl (C=O) groups excluding carboxylic acids is 2. The number of carbonyl (C=O) groups is 2. The van der Waals surface area contributed by atoms with Crippen molar-refractivity contribution in [2.45, 2.75) is 26.3 Å². The van der Waals surface area contributed by atoms with Gasteiger partial charge < -0.3 is 5.32 Å². The molecule has 1 amide bonds. The summed E-state index contributed by atoms with van der Waals surface area (Å²) < 4.78 is 0. The van der Waals surface area contributed by atoms with Crippen molar-refractivity contribution < 1.29 is 9.59 Å². The van der Waals surface area contributed by atoms with E-state index >= 15 is 0 Å². The van der Waals surface area contributed by atoms with Crippen LogP contribution in [0.1, 0.15) is 30.6 Å².